The quantitative estimate of drug-likeness (QED) is 0.580. The number of carbonyl (C=O) groups excluding carboxylic acids is 1. The lowest BCUT2D eigenvalue weighted by atomic mass is 9.91. The summed E-state index contributed by atoms with van der Waals surface area (Å²) in [5.74, 6) is -0.585. The van der Waals surface area contributed by atoms with Gasteiger partial charge in [-0.25, -0.2) is 0 Å². The molecule has 4 heteroatoms. The van der Waals surface area contributed by atoms with Crippen LogP contribution >= 0.6 is 0 Å². The Balaban J connectivity index is 2.49. The first kappa shape index (κ1) is 9.48. The number of aliphatic hydroxyl groups is 1. The van der Waals surface area contributed by atoms with Crippen LogP contribution in [0.1, 0.15) is 19.8 Å². The van der Waals surface area contributed by atoms with Crippen LogP contribution in [-0.2, 0) is 4.79 Å². The minimum atomic E-state index is -1.24. The second-order valence-corrected chi connectivity index (χ2v) is 3.33. The van der Waals surface area contributed by atoms with Gasteiger partial charge in [-0.15, -0.1) is 0 Å². The van der Waals surface area contributed by atoms with E-state index < -0.39 is 11.5 Å². The van der Waals surface area contributed by atoms with E-state index in [0.717, 1.165) is 19.6 Å². The summed E-state index contributed by atoms with van der Waals surface area (Å²) in [6.45, 7) is 4.55. The average Bonchev–Trinajstić information content (AvgIpc) is 2.06. The molecule has 0 radical (unpaired) electrons. The van der Waals surface area contributed by atoms with Gasteiger partial charge < -0.3 is 15.7 Å². The number of rotatable bonds is 2. The van der Waals surface area contributed by atoms with Crippen LogP contribution in [-0.4, -0.2) is 41.1 Å². The van der Waals surface area contributed by atoms with E-state index in [-0.39, 0.29) is 0 Å². The van der Waals surface area contributed by atoms with E-state index in [4.69, 9.17) is 5.73 Å². The van der Waals surface area contributed by atoms with Gasteiger partial charge in [0.05, 0.1) is 0 Å². The molecule has 0 bridgehead atoms. The molecular formula is C8H16N2O2. The highest BCUT2D eigenvalue weighted by Crippen LogP contribution is 2.21. The molecule has 0 atom stereocenters. The predicted octanol–water partition coefficient (Wildman–Crippen LogP) is -0.681. The summed E-state index contributed by atoms with van der Waals surface area (Å²) in [6.07, 6.45) is 0.937. The van der Waals surface area contributed by atoms with Crippen LogP contribution in [0.5, 0.6) is 0 Å². The zero-order valence-corrected chi connectivity index (χ0v) is 7.42. The van der Waals surface area contributed by atoms with Crippen molar-refractivity contribution in [2.45, 2.75) is 25.4 Å². The van der Waals surface area contributed by atoms with Crippen molar-refractivity contribution in [3.8, 4) is 0 Å². The van der Waals surface area contributed by atoms with Gasteiger partial charge in [0.15, 0.2) is 0 Å². The van der Waals surface area contributed by atoms with Crippen molar-refractivity contribution < 1.29 is 9.90 Å². The fourth-order valence-electron chi connectivity index (χ4n) is 1.49. The Morgan fingerprint density at radius 2 is 2.08 bits per heavy atom. The van der Waals surface area contributed by atoms with Crippen molar-refractivity contribution in [1.82, 2.24) is 4.90 Å². The molecule has 4 nitrogen and oxygen atoms in total. The van der Waals surface area contributed by atoms with Crippen LogP contribution in [0.2, 0.25) is 0 Å². The molecule has 0 unspecified atom stereocenters. The van der Waals surface area contributed by atoms with Crippen LogP contribution in [0.25, 0.3) is 0 Å². The van der Waals surface area contributed by atoms with E-state index in [2.05, 4.69) is 11.8 Å². The van der Waals surface area contributed by atoms with Crippen LogP contribution in [0.3, 0.4) is 0 Å². The lowest BCUT2D eigenvalue weighted by Crippen LogP contribution is -2.52. The lowest BCUT2D eigenvalue weighted by molar-refractivity contribution is -0.141. The second-order valence-electron chi connectivity index (χ2n) is 3.33. The van der Waals surface area contributed by atoms with Gasteiger partial charge in [-0.2, -0.15) is 0 Å². The number of hydrogen-bond acceptors (Lipinski definition) is 3. The van der Waals surface area contributed by atoms with Gasteiger partial charge in [0.1, 0.15) is 5.60 Å². The van der Waals surface area contributed by atoms with Gasteiger partial charge in [0.2, 0.25) is 5.91 Å². The third-order valence-corrected chi connectivity index (χ3v) is 2.59. The third kappa shape index (κ3) is 1.76. The van der Waals surface area contributed by atoms with Crippen LogP contribution in [0, 0.1) is 0 Å². The monoisotopic (exact) mass is 172 g/mol. The number of primary amides is 1. The molecule has 0 aliphatic carbocycles. The molecule has 12 heavy (non-hydrogen) atoms. The maximum atomic E-state index is 10.8. The summed E-state index contributed by atoms with van der Waals surface area (Å²) in [6, 6.07) is 0. The van der Waals surface area contributed by atoms with Gasteiger partial charge in [0, 0.05) is 13.1 Å². The first-order valence-electron chi connectivity index (χ1n) is 4.33. The number of hydrogen-bond donors (Lipinski definition) is 2. The predicted molar refractivity (Wildman–Crippen MR) is 45.5 cm³/mol. The molecule has 70 valence electrons. The first-order chi connectivity index (χ1) is 5.58. The molecule has 0 spiro atoms. The minimum absolute atomic E-state index is 0.468. The molecule has 0 aromatic carbocycles. The largest absolute Gasteiger partial charge is 0.380 e. The van der Waals surface area contributed by atoms with Crippen molar-refractivity contribution in [3.05, 3.63) is 0 Å². The van der Waals surface area contributed by atoms with Crippen molar-refractivity contribution >= 4 is 5.91 Å². The van der Waals surface area contributed by atoms with Crippen molar-refractivity contribution in [2.75, 3.05) is 19.6 Å². The van der Waals surface area contributed by atoms with E-state index in [1.165, 1.54) is 0 Å². The molecule has 0 aromatic heterocycles. The molecule has 1 aliphatic heterocycles. The van der Waals surface area contributed by atoms with Crippen molar-refractivity contribution in [2.24, 2.45) is 5.73 Å². The Morgan fingerprint density at radius 1 is 1.58 bits per heavy atom. The standard InChI is InChI=1S/C8H16N2O2/c1-2-10-5-3-8(12,4-6-10)7(9)11/h12H,2-6H2,1H3,(H2,9,11). The van der Waals surface area contributed by atoms with E-state index in [9.17, 15) is 9.90 Å². The normalized spacial score (nSPS) is 23.8. The van der Waals surface area contributed by atoms with Crippen LogP contribution < -0.4 is 5.73 Å². The summed E-state index contributed by atoms with van der Waals surface area (Å²) in [5, 5.41) is 9.66. The number of amides is 1. The summed E-state index contributed by atoms with van der Waals surface area (Å²) >= 11 is 0. The fourth-order valence-corrected chi connectivity index (χ4v) is 1.49. The number of likely N-dealkylation sites (tertiary alicyclic amines) is 1. The van der Waals surface area contributed by atoms with Gasteiger partial charge in [-0.3, -0.25) is 4.79 Å². The van der Waals surface area contributed by atoms with Crippen LogP contribution in [0.15, 0.2) is 0 Å². The number of carbonyl (C=O) groups is 1. The molecule has 1 saturated heterocycles. The van der Waals surface area contributed by atoms with E-state index in [0.29, 0.717) is 12.8 Å². The van der Waals surface area contributed by atoms with E-state index >= 15 is 0 Å². The maximum Gasteiger partial charge on any atom is 0.249 e. The second kappa shape index (κ2) is 3.41. The smallest absolute Gasteiger partial charge is 0.249 e. The molecule has 0 saturated carbocycles. The summed E-state index contributed by atoms with van der Waals surface area (Å²) < 4.78 is 0. The SMILES string of the molecule is CCN1CCC(O)(C(N)=O)CC1. The summed E-state index contributed by atoms with van der Waals surface area (Å²) in [5.41, 5.74) is 3.84. The van der Waals surface area contributed by atoms with E-state index in [1.807, 2.05) is 0 Å². The van der Waals surface area contributed by atoms with Gasteiger partial charge >= 0.3 is 0 Å². The zero-order valence-electron chi connectivity index (χ0n) is 7.42. The Labute approximate surface area is 72.3 Å². The van der Waals surface area contributed by atoms with Gasteiger partial charge in [-0.1, -0.05) is 6.92 Å². The fraction of sp³-hybridized carbons (Fsp3) is 0.875. The average molecular weight is 172 g/mol. The van der Waals surface area contributed by atoms with Crippen molar-refractivity contribution in [1.29, 1.82) is 0 Å². The molecule has 1 rings (SSSR count). The van der Waals surface area contributed by atoms with E-state index in [1.54, 1.807) is 0 Å². The molecular weight excluding hydrogens is 156 g/mol. The molecule has 1 aliphatic rings. The first-order valence-corrected chi connectivity index (χ1v) is 4.33. The third-order valence-electron chi connectivity index (χ3n) is 2.59. The van der Waals surface area contributed by atoms with Crippen LogP contribution in [0.4, 0.5) is 0 Å². The summed E-state index contributed by atoms with van der Waals surface area (Å²) in [4.78, 5) is 13.0. The Kier molecular flexibility index (Phi) is 2.69. The van der Waals surface area contributed by atoms with Crippen molar-refractivity contribution in [3.63, 3.8) is 0 Å². The highest BCUT2D eigenvalue weighted by Gasteiger charge is 2.36. The number of nitrogens with two attached hydrogens (primary N) is 1. The maximum absolute atomic E-state index is 10.8. The molecule has 1 heterocycles. The topological polar surface area (TPSA) is 66.6 Å². The lowest BCUT2D eigenvalue weighted by Gasteiger charge is -2.35. The summed E-state index contributed by atoms with van der Waals surface area (Å²) in [7, 11) is 0. The molecule has 1 amide bonds. The molecule has 1 fully saturated rings. The molecule has 0 aromatic rings. The Hall–Kier alpha value is -0.610. The Morgan fingerprint density at radius 3 is 2.42 bits per heavy atom. The highest BCUT2D eigenvalue weighted by molar-refractivity contribution is 5.83. The van der Waals surface area contributed by atoms with Gasteiger partial charge in [-0.05, 0) is 19.4 Å². The Bertz CT molecular complexity index is 174. The molecule has 3 N–H and O–H groups in total. The zero-order chi connectivity index (χ0) is 9.19. The minimum Gasteiger partial charge on any atom is -0.380 e. The highest BCUT2D eigenvalue weighted by atomic mass is 16.3. The number of piperidine rings is 1. The number of nitrogens with zero attached hydrogens (tertiary/aromatic N) is 1. The van der Waals surface area contributed by atoms with Gasteiger partial charge in [0.25, 0.3) is 0 Å².